The number of hydrogen-bond acceptors (Lipinski definition) is 1. The molecule has 0 aliphatic carbocycles. The molecule has 0 spiro atoms. The van der Waals surface area contributed by atoms with Crippen molar-refractivity contribution in [1.82, 2.24) is 5.32 Å². The average Bonchev–Trinajstić information content (AvgIpc) is 2.61. The maximum Gasteiger partial charge on any atom is 0.0661 e. The number of hydrogen-bond donors (Lipinski definition) is 1. The lowest BCUT2D eigenvalue weighted by molar-refractivity contribution is 0.296. The minimum absolute atomic E-state index is 0.288. The molecule has 1 aliphatic rings. The fourth-order valence-corrected chi connectivity index (χ4v) is 1.49. The van der Waals surface area contributed by atoms with Crippen LogP contribution in [0.4, 0.5) is 0 Å². The van der Waals surface area contributed by atoms with Crippen LogP contribution in [0.5, 0.6) is 0 Å². The minimum Gasteiger partial charge on any atom is -0.313 e. The zero-order valence-electron chi connectivity index (χ0n) is 8.98. The van der Waals surface area contributed by atoms with Gasteiger partial charge in [-0.05, 0) is 24.8 Å². The van der Waals surface area contributed by atoms with E-state index in [1.165, 1.54) is 19.4 Å². The summed E-state index contributed by atoms with van der Waals surface area (Å²) in [4.78, 5) is 0. The molecule has 1 saturated heterocycles. The topological polar surface area (TPSA) is 12.0 Å². The summed E-state index contributed by atoms with van der Waals surface area (Å²) in [6, 6.07) is 0.650. The van der Waals surface area contributed by atoms with Crippen molar-refractivity contribution in [3.8, 4) is 0 Å². The number of nitrogens with one attached hydrogen (secondary N) is 1. The summed E-state index contributed by atoms with van der Waals surface area (Å²) < 4.78 is 0. The maximum absolute atomic E-state index is 5.65. The standard InChI is InChI=1S/C8H16BN.C2H6/c1-8(2,6-9)7-4-3-5-10-7;1-2/h7,10H,3-6H2,1-2H3;1-2H3. The molecule has 1 unspecified atom stereocenters. The molecule has 0 aromatic rings. The molecule has 0 bridgehead atoms. The van der Waals surface area contributed by atoms with Crippen molar-refractivity contribution >= 4 is 7.85 Å². The van der Waals surface area contributed by atoms with E-state index in [1.807, 2.05) is 13.8 Å². The van der Waals surface area contributed by atoms with Gasteiger partial charge in [-0.2, -0.15) is 0 Å². The summed E-state index contributed by atoms with van der Waals surface area (Å²) in [5, 5.41) is 3.47. The highest BCUT2D eigenvalue weighted by Crippen LogP contribution is 2.29. The van der Waals surface area contributed by atoms with Crippen molar-refractivity contribution < 1.29 is 0 Å². The molecule has 1 heterocycles. The van der Waals surface area contributed by atoms with E-state index in [-0.39, 0.29) is 5.41 Å². The highest BCUT2D eigenvalue weighted by atomic mass is 15.0. The van der Waals surface area contributed by atoms with E-state index < -0.39 is 0 Å². The lowest BCUT2D eigenvalue weighted by atomic mass is 9.73. The summed E-state index contributed by atoms with van der Waals surface area (Å²) in [5.41, 5.74) is 0.288. The minimum atomic E-state index is 0.288. The predicted molar refractivity (Wildman–Crippen MR) is 56.7 cm³/mol. The Morgan fingerprint density at radius 3 is 2.33 bits per heavy atom. The third-order valence-corrected chi connectivity index (χ3v) is 2.53. The zero-order valence-corrected chi connectivity index (χ0v) is 8.98. The van der Waals surface area contributed by atoms with Crippen LogP contribution in [0.1, 0.15) is 40.5 Å². The molecule has 1 fully saturated rings. The van der Waals surface area contributed by atoms with Gasteiger partial charge >= 0.3 is 0 Å². The Kier molecular flexibility index (Phi) is 5.64. The molecule has 1 nitrogen and oxygen atoms in total. The zero-order chi connectivity index (χ0) is 9.61. The molecule has 2 radical (unpaired) electrons. The van der Waals surface area contributed by atoms with Crippen molar-refractivity contribution in [1.29, 1.82) is 0 Å². The van der Waals surface area contributed by atoms with Crippen molar-refractivity contribution in [3.05, 3.63) is 0 Å². The summed E-state index contributed by atoms with van der Waals surface area (Å²) in [6.45, 7) is 9.64. The fraction of sp³-hybridized carbons (Fsp3) is 1.00. The maximum atomic E-state index is 5.65. The molecule has 70 valence electrons. The Morgan fingerprint density at radius 1 is 1.42 bits per heavy atom. The van der Waals surface area contributed by atoms with Gasteiger partial charge in [-0.1, -0.05) is 34.0 Å². The molecule has 0 aromatic carbocycles. The SMILES string of the molecule is CC.[B]CC(C)(C)C1CCCN1. The second kappa shape index (κ2) is 5.63. The third kappa shape index (κ3) is 3.18. The van der Waals surface area contributed by atoms with Gasteiger partial charge in [-0.15, -0.1) is 0 Å². The Balaban J connectivity index is 0.000000561. The smallest absolute Gasteiger partial charge is 0.0661 e. The predicted octanol–water partition coefficient (Wildman–Crippen LogP) is 2.38. The van der Waals surface area contributed by atoms with Crippen molar-refractivity contribution in [2.24, 2.45) is 5.41 Å². The first-order valence-electron chi connectivity index (χ1n) is 5.10. The van der Waals surface area contributed by atoms with Crippen molar-refractivity contribution in [2.75, 3.05) is 6.54 Å². The monoisotopic (exact) mass is 167 g/mol. The van der Waals surface area contributed by atoms with Crippen LogP contribution >= 0.6 is 0 Å². The quantitative estimate of drug-likeness (QED) is 0.622. The second-order valence-corrected chi connectivity index (χ2v) is 3.84. The molecule has 1 rings (SSSR count). The summed E-state index contributed by atoms with van der Waals surface area (Å²) >= 11 is 0. The Labute approximate surface area is 78.7 Å². The van der Waals surface area contributed by atoms with Gasteiger partial charge in [-0.25, -0.2) is 0 Å². The molecule has 1 N–H and O–H groups in total. The van der Waals surface area contributed by atoms with Crippen LogP contribution in [0.2, 0.25) is 6.32 Å². The van der Waals surface area contributed by atoms with Gasteiger partial charge in [0.1, 0.15) is 0 Å². The molecule has 2 heteroatoms. The van der Waals surface area contributed by atoms with Crippen LogP contribution < -0.4 is 5.32 Å². The van der Waals surface area contributed by atoms with Gasteiger partial charge in [0, 0.05) is 6.04 Å². The van der Waals surface area contributed by atoms with Gasteiger partial charge in [-0.3, -0.25) is 0 Å². The molecule has 0 saturated carbocycles. The summed E-state index contributed by atoms with van der Waals surface area (Å²) in [7, 11) is 5.65. The van der Waals surface area contributed by atoms with Gasteiger partial charge < -0.3 is 5.32 Å². The van der Waals surface area contributed by atoms with E-state index in [4.69, 9.17) is 7.85 Å². The second-order valence-electron chi connectivity index (χ2n) is 3.84. The molecule has 0 amide bonds. The summed E-state index contributed by atoms with van der Waals surface area (Å²) in [5.74, 6) is 0. The normalized spacial score (nSPS) is 23.2. The molecule has 12 heavy (non-hydrogen) atoms. The van der Waals surface area contributed by atoms with Crippen molar-refractivity contribution in [2.45, 2.75) is 52.9 Å². The molecule has 1 aliphatic heterocycles. The van der Waals surface area contributed by atoms with E-state index in [0.717, 1.165) is 6.32 Å². The van der Waals surface area contributed by atoms with Crippen LogP contribution in [0.3, 0.4) is 0 Å². The van der Waals surface area contributed by atoms with Gasteiger partial charge in [0.2, 0.25) is 0 Å². The van der Waals surface area contributed by atoms with Gasteiger partial charge in [0.25, 0.3) is 0 Å². The van der Waals surface area contributed by atoms with Crippen LogP contribution in [-0.4, -0.2) is 20.4 Å². The van der Waals surface area contributed by atoms with E-state index in [2.05, 4.69) is 19.2 Å². The highest BCUT2D eigenvalue weighted by Gasteiger charge is 2.29. The van der Waals surface area contributed by atoms with E-state index in [1.54, 1.807) is 0 Å². The van der Waals surface area contributed by atoms with Crippen LogP contribution in [0, 0.1) is 5.41 Å². The van der Waals surface area contributed by atoms with Gasteiger partial charge in [0.15, 0.2) is 0 Å². The summed E-state index contributed by atoms with van der Waals surface area (Å²) in [6.07, 6.45) is 3.39. The van der Waals surface area contributed by atoms with Crippen LogP contribution in [0.15, 0.2) is 0 Å². The Bertz CT molecular complexity index is 106. The highest BCUT2D eigenvalue weighted by molar-refractivity contribution is 6.09. The first-order chi connectivity index (χ1) is 5.67. The molecule has 1 atom stereocenters. The largest absolute Gasteiger partial charge is 0.313 e. The van der Waals surface area contributed by atoms with Crippen LogP contribution in [0.25, 0.3) is 0 Å². The molecular formula is C10H22BN. The Morgan fingerprint density at radius 2 is 2.00 bits per heavy atom. The van der Waals surface area contributed by atoms with E-state index in [9.17, 15) is 0 Å². The van der Waals surface area contributed by atoms with Gasteiger partial charge in [0.05, 0.1) is 7.85 Å². The Hall–Kier alpha value is 0.0249. The first-order valence-corrected chi connectivity index (χ1v) is 5.10. The lowest BCUT2D eigenvalue weighted by Crippen LogP contribution is -2.36. The first kappa shape index (κ1) is 12.0. The van der Waals surface area contributed by atoms with Crippen molar-refractivity contribution in [3.63, 3.8) is 0 Å². The molecular weight excluding hydrogens is 145 g/mol. The fourth-order valence-electron chi connectivity index (χ4n) is 1.49. The average molecular weight is 167 g/mol. The lowest BCUT2D eigenvalue weighted by Gasteiger charge is -2.30. The number of rotatable bonds is 2. The van der Waals surface area contributed by atoms with Crippen LogP contribution in [-0.2, 0) is 0 Å². The molecule has 0 aromatic heterocycles. The van der Waals surface area contributed by atoms with E-state index >= 15 is 0 Å². The van der Waals surface area contributed by atoms with E-state index in [0.29, 0.717) is 6.04 Å². The third-order valence-electron chi connectivity index (χ3n) is 2.53.